The minimum Gasteiger partial charge on any atom is -0.489 e. The van der Waals surface area contributed by atoms with Crippen LogP contribution in [0.15, 0.2) is 48.5 Å². The minimum absolute atomic E-state index is 0.410. The molecule has 2 N–H and O–H groups in total. The molecule has 3 heteroatoms. The van der Waals surface area contributed by atoms with Gasteiger partial charge in [-0.25, -0.2) is 0 Å². The Kier molecular flexibility index (Phi) is 3.49. The van der Waals surface area contributed by atoms with Gasteiger partial charge in [0.2, 0.25) is 0 Å². The maximum Gasteiger partial charge on any atom is 0.120 e. The van der Waals surface area contributed by atoms with Crippen molar-refractivity contribution in [3.05, 3.63) is 65.2 Å². The molecule has 2 aromatic rings. The molecule has 3 nitrogen and oxygen atoms in total. The smallest absolute Gasteiger partial charge is 0.120 e. The Balaban J connectivity index is 1.72. The van der Waals surface area contributed by atoms with E-state index in [1.807, 2.05) is 48.5 Å². The summed E-state index contributed by atoms with van der Waals surface area (Å²) in [7, 11) is 0. The lowest BCUT2D eigenvalue weighted by Gasteiger charge is -2.23. The molecule has 98 valence electrons. The van der Waals surface area contributed by atoms with E-state index < -0.39 is 6.10 Å². The number of hydrogen-bond donors (Lipinski definition) is 2. The van der Waals surface area contributed by atoms with Crippen LogP contribution in [-0.4, -0.2) is 11.7 Å². The number of ether oxygens (including phenoxy) is 1. The first-order valence-corrected chi connectivity index (χ1v) is 6.51. The van der Waals surface area contributed by atoms with Crippen LogP contribution in [0.5, 0.6) is 5.75 Å². The molecule has 1 atom stereocenters. The summed E-state index contributed by atoms with van der Waals surface area (Å²) in [6.07, 6.45) is -0.410. The third-order valence-corrected chi connectivity index (χ3v) is 3.37. The van der Waals surface area contributed by atoms with Crippen LogP contribution in [0.2, 0.25) is 0 Å². The van der Waals surface area contributed by atoms with E-state index >= 15 is 0 Å². The Labute approximate surface area is 112 Å². The highest BCUT2D eigenvalue weighted by molar-refractivity contribution is 5.38. The van der Waals surface area contributed by atoms with Crippen LogP contribution in [0.1, 0.15) is 22.8 Å². The molecule has 2 aromatic carbocycles. The second-order valence-corrected chi connectivity index (χ2v) is 4.78. The molecule has 19 heavy (non-hydrogen) atoms. The number of aliphatic hydroxyl groups is 1. The Morgan fingerprint density at radius 1 is 1.16 bits per heavy atom. The number of nitrogens with one attached hydrogen (secondary N) is 1. The van der Waals surface area contributed by atoms with Crippen molar-refractivity contribution in [2.24, 2.45) is 0 Å². The molecule has 0 radical (unpaired) electrons. The van der Waals surface area contributed by atoms with E-state index in [9.17, 15) is 5.11 Å². The van der Waals surface area contributed by atoms with E-state index in [1.165, 1.54) is 0 Å². The molecule has 0 unspecified atom stereocenters. The van der Waals surface area contributed by atoms with Crippen LogP contribution < -0.4 is 10.1 Å². The first-order valence-electron chi connectivity index (χ1n) is 6.51. The Morgan fingerprint density at radius 2 is 2.00 bits per heavy atom. The molecule has 1 aliphatic rings. The third-order valence-electron chi connectivity index (χ3n) is 3.37. The van der Waals surface area contributed by atoms with Crippen LogP contribution in [0.4, 0.5) is 0 Å². The molecule has 0 aliphatic carbocycles. The zero-order chi connectivity index (χ0) is 13.1. The quantitative estimate of drug-likeness (QED) is 0.885. The average Bonchev–Trinajstić information content (AvgIpc) is 2.46. The largest absolute Gasteiger partial charge is 0.489 e. The predicted molar refractivity (Wildman–Crippen MR) is 73.9 cm³/mol. The lowest BCUT2D eigenvalue weighted by Crippen LogP contribution is -2.27. The number of aliphatic hydroxyl groups excluding tert-OH is 1. The normalized spacial score (nSPS) is 17.8. The molecule has 0 aromatic heterocycles. The van der Waals surface area contributed by atoms with Crippen molar-refractivity contribution in [1.29, 1.82) is 0 Å². The molecule has 0 saturated carbocycles. The molecular formula is C16H17NO2. The van der Waals surface area contributed by atoms with E-state index in [0.29, 0.717) is 13.2 Å². The van der Waals surface area contributed by atoms with Gasteiger partial charge in [-0.05, 0) is 28.8 Å². The first-order chi connectivity index (χ1) is 9.33. The van der Waals surface area contributed by atoms with Gasteiger partial charge in [0.05, 0.1) is 6.10 Å². The van der Waals surface area contributed by atoms with Crippen molar-refractivity contribution in [3.8, 4) is 5.75 Å². The summed E-state index contributed by atoms with van der Waals surface area (Å²) in [5, 5.41) is 13.0. The SMILES string of the molecule is O[C@H]1CNCc2cc(OCc3ccccc3)ccc21. The van der Waals surface area contributed by atoms with Gasteiger partial charge in [0, 0.05) is 13.1 Å². The summed E-state index contributed by atoms with van der Waals surface area (Å²) in [5.74, 6) is 0.846. The van der Waals surface area contributed by atoms with Gasteiger partial charge in [0.25, 0.3) is 0 Å². The number of β-amino-alcohol motifs (C(OH)–C–C–N with tert-alkyl or cyclic N) is 1. The van der Waals surface area contributed by atoms with Gasteiger partial charge in [-0.15, -0.1) is 0 Å². The fourth-order valence-electron chi connectivity index (χ4n) is 2.34. The summed E-state index contributed by atoms with van der Waals surface area (Å²) in [4.78, 5) is 0. The van der Waals surface area contributed by atoms with Crippen LogP contribution in [0.25, 0.3) is 0 Å². The maximum atomic E-state index is 9.86. The third kappa shape index (κ3) is 2.78. The van der Waals surface area contributed by atoms with Crippen molar-refractivity contribution >= 4 is 0 Å². The summed E-state index contributed by atoms with van der Waals surface area (Å²) >= 11 is 0. The van der Waals surface area contributed by atoms with Gasteiger partial charge in [-0.3, -0.25) is 0 Å². The maximum absolute atomic E-state index is 9.86. The lowest BCUT2D eigenvalue weighted by molar-refractivity contribution is 0.165. The Bertz CT molecular complexity index is 554. The Morgan fingerprint density at radius 3 is 2.84 bits per heavy atom. The lowest BCUT2D eigenvalue weighted by atomic mass is 9.98. The van der Waals surface area contributed by atoms with Gasteiger partial charge >= 0.3 is 0 Å². The standard InChI is InChI=1S/C16H17NO2/c18-16-10-17-9-13-8-14(6-7-15(13)16)19-11-12-4-2-1-3-5-12/h1-8,16-18H,9-11H2/t16-/m0/s1. The van der Waals surface area contributed by atoms with Crippen molar-refractivity contribution < 1.29 is 9.84 Å². The number of rotatable bonds is 3. The topological polar surface area (TPSA) is 41.5 Å². The molecule has 0 spiro atoms. The molecule has 0 amide bonds. The molecule has 1 heterocycles. The van der Waals surface area contributed by atoms with E-state index in [-0.39, 0.29) is 0 Å². The molecule has 0 fully saturated rings. The summed E-state index contributed by atoms with van der Waals surface area (Å²) in [6, 6.07) is 16.0. The highest BCUT2D eigenvalue weighted by atomic mass is 16.5. The Hall–Kier alpha value is -1.84. The average molecular weight is 255 g/mol. The van der Waals surface area contributed by atoms with Crippen molar-refractivity contribution in [2.45, 2.75) is 19.3 Å². The van der Waals surface area contributed by atoms with Crippen LogP contribution in [0.3, 0.4) is 0 Å². The summed E-state index contributed by atoms with van der Waals surface area (Å²) < 4.78 is 5.78. The van der Waals surface area contributed by atoms with Crippen LogP contribution in [0, 0.1) is 0 Å². The zero-order valence-electron chi connectivity index (χ0n) is 10.7. The number of hydrogen-bond acceptors (Lipinski definition) is 3. The number of fused-ring (bicyclic) bond motifs is 1. The van der Waals surface area contributed by atoms with Crippen molar-refractivity contribution in [2.75, 3.05) is 6.54 Å². The van der Waals surface area contributed by atoms with Gasteiger partial charge in [0.15, 0.2) is 0 Å². The van der Waals surface area contributed by atoms with Gasteiger partial charge < -0.3 is 15.2 Å². The monoisotopic (exact) mass is 255 g/mol. The molecule has 3 rings (SSSR count). The van der Waals surface area contributed by atoms with E-state index in [0.717, 1.165) is 29.0 Å². The van der Waals surface area contributed by atoms with Crippen molar-refractivity contribution in [1.82, 2.24) is 5.32 Å². The highest BCUT2D eigenvalue weighted by Crippen LogP contribution is 2.26. The predicted octanol–water partition coefficient (Wildman–Crippen LogP) is 2.40. The van der Waals surface area contributed by atoms with E-state index in [2.05, 4.69) is 5.32 Å². The minimum atomic E-state index is -0.410. The molecule has 0 bridgehead atoms. The van der Waals surface area contributed by atoms with E-state index in [1.54, 1.807) is 0 Å². The highest BCUT2D eigenvalue weighted by Gasteiger charge is 2.17. The van der Waals surface area contributed by atoms with Crippen LogP contribution >= 0.6 is 0 Å². The fraction of sp³-hybridized carbons (Fsp3) is 0.250. The van der Waals surface area contributed by atoms with E-state index in [4.69, 9.17) is 4.74 Å². The second-order valence-electron chi connectivity index (χ2n) is 4.78. The van der Waals surface area contributed by atoms with Crippen LogP contribution in [-0.2, 0) is 13.2 Å². The molecular weight excluding hydrogens is 238 g/mol. The molecule has 0 saturated heterocycles. The second kappa shape index (κ2) is 5.43. The first kappa shape index (κ1) is 12.2. The van der Waals surface area contributed by atoms with Crippen molar-refractivity contribution in [3.63, 3.8) is 0 Å². The number of benzene rings is 2. The van der Waals surface area contributed by atoms with Gasteiger partial charge in [-0.1, -0.05) is 36.4 Å². The van der Waals surface area contributed by atoms with Gasteiger partial charge in [-0.2, -0.15) is 0 Å². The summed E-state index contributed by atoms with van der Waals surface area (Å²) in [5.41, 5.74) is 3.27. The fourth-order valence-corrected chi connectivity index (χ4v) is 2.34. The summed E-state index contributed by atoms with van der Waals surface area (Å²) in [6.45, 7) is 1.97. The zero-order valence-corrected chi connectivity index (χ0v) is 10.7. The van der Waals surface area contributed by atoms with Gasteiger partial charge in [0.1, 0.15) is 12.4 Å². The molecule has 1 aliphatic heterocycles.